The van der Waals surface area contributed by atoms with Gasteiger partial charge in [0, 0.05) is 34.2 Å². The van der Waals surface area contributed by atoms with Crippen molar-refractivity contribution in [2.45, 2.75) is 50.2 Å². The summed E-state index contributed by atoms with van der Waals surface area (Å²) in [6.07, 6.45) is 0.0939. The Morgan fingerprint density at radius 3 is 2.40 bits per heavy atom. The highest BCUT2D eigenvalue weighted by molar-refractivity contribution is 6.91. The van der Waals surface area contributed by atoms with Crippen molar-refractivity contribution < 1.29 is 24.2 Å². The summed E-state index contributed by atoms with van der Waals surface area (Å²) in [6.45, 7) is 7.01. The molecule has 254 valence electrons. The fourth-order valence-electron chi connectivity index (χ4n) is 8.99. The first-order valence-corrected chi connectivity index (χ1v) is 20.6. The first-order valence-electron chi connectivity index (χ1n) is 17.1. The van der Waals surface area contributed by atoms with Crippen LogP contribution in [-0.4, -0.2) is 44.8 Å². The lowest BCUT2D eigenvalue weighted by Gasteiger charge is -2.37. The molecule has 0 unspecified atom stereocenters. The third kappa shape index (κ3) is 4.77. The molecular weight excluding hydrogens is 664 g/mol. The van der Waals surface area contributed by atoms with Crippen molar-refractivity contribution >= 4 is 64.5 Å². The predicted molar refractivity (Wildman–Crippen MR) is 201 cm³/mol. The Balaban J connectivity index is 1.17. The van der Waals surface area contributed by atoms with Gasteiger partial charge in [-0.3, -0.25) is 14.5 Å². The molecule has 0 radical (unpaired) electrons. The summed E-state index contributed by atoms with van der Waals surface area (Å²) in [4.78, 5) is 32.4. The highest BCUT2D eigenvalue weighted by atomic mass is 35.5. The van der Waals surface area contributed by atoms with Crippen LogP contribution in [0.15, 0.2) is 103 Å². The summed E-state index contributed by atoms with van der Waals surface area (Å²) < 4.78 is 12.5. The molecule has 3 aliphatic rings. The van der Waals surface area contributed by atoms with E-state index in [9.17, 15) is 9.90 Å². The number of carbonyl (C=O) groups excluding carboxylic acids is 2. The number of amides is 2. The van der Waals surface area contributed by atoms with Crippen LogP contribution >= 0.6 is 11.6 Å². The minimum absolute atomic E-state index is 0.0209. The molecule has 8 rings (SSSR count). The van der Waals surface area contributed by atoms with Gasteiger partial charge in [0.25, 0.3) is 11.8 Å². The molecule has 4 atom stereocenters. The maximum Gasteiger partial charge on any atom is 0.264 e. The fraction of sp³-hybridized carbons (Fsp3) is 0.268. The molecule has 1 N–H and O–H groups in total. The number of hydrogen-bond donors (Lipinski definition) is 1. The van der Waals surface area contributed by atoms with Crippen molar-refractivity contribution in [1.29, 1.82) is 0 Å². The summed E-state index contributed by atoms with van der Waals surface area (Å²) in [7, 11) is -0.648. The zero-order chi connectivity index (χ0) is 34.9. The monoisotopic (exact) mass is 702 g/mol. The molecule has 9 heteroatoms. The zero-order valence-electron chi connectivity index (χ0n) is 28.5. The number of methoxy groups -OCH3 is 1. The molecule has 2 amide bonds. The zero-order valence-corrected chi connectivity index (χ0v) is 30.3. The maximum absolute atomic E-state index is 15.1. The number of aliphatic hydroxyl groups excluding tert-OH is 1. The number of fused-ring (bicyclic) bond motifs is 2. The Hall–Kier alpha value is -4.47. The van der Waals surface area contributed by atoms with Crippen molar-refractivity contribution in [3.63, 3.8) is 0 Å². The molecular formula is C41H39ClN2O5Si. The average Bonchev–Trinajstić information content (AvgIpc) is 3.67. The van der Waals surface area contributed by atoms with Gasteiger partial charge in [0.1, 0.15) is 5.75 Å². The summed E-state index contributed by atoms with van der Waals surface area (Å²) in [6, 6.07) is 33.5. The highest BCUT2D eigenvalue weighted by Crippen LogP contribution is 2.60. The SMILES string of the molecule is COc1ccc([Si](C)(C)[C@@H]2[C@@H](CCO)O[C@]3(C(=O)N(Cc4cccc(N5C(=O)c6cccc7cccc5c67)c4)c4ccc(Cl)cc43)[C@H]2C)cc1. The summed E-state index contributed by atoms with van der Waals surface area (Å²) in [5, 5.41) is 14.0. The van der Waals surface area contributed by atoms with E-state index in [0.29, 0.717) is 17.0 Å². The number of benzene rings is 5. The Morgan fingerprint density at radius 1 is 0.920 bits per heavy atom. The van der Waals surface area contributed by atoms with Crippen LogP contribution in [0.4, 0.5) is 17.1 Å². The lowest BCUT2D eigenvalue weighted by Crippen LogP contribution is -2.51. The molecule has 5 aromatic rings. The van der Waals surface area contributed by atoms with Crippen molar-refractivity contribution in [3.8, 4) is 5.75 Å². The molecule has 0 bridgehead atoms. The Kier molecular flexibility index (Phi) is 7.91. The number of rotatable bonds is 8. The van der Waals surface area contributed by atoms with E-state index in [-0.39, 0.29) is 42.5 Å². The van der Waals surface area contributed by atoms with Gasteiger partial charge >= 0.3 is 0 Å². The number of halogens is 1. The van der Waals surface area contributed by atoms with Crippen LogP contribution in [0, 0.1) is 5.92 Å². The van der Waals surface area contributed by atoms with Gasteiger partial charge in [-0.05, 0) is 77.5 Å². The van der Waals surface area contributed by atoms with E-state index in [0.717, 1.165) is 44.7 Å². The van der Waals surface area contributed by atoms with E-state index < -0.39 is 13.7 Å². The van der Waals surface area contributed by atoms with Gasteiger partial charge < -0.3 is 19.5 Å². The second kappa shape index (κ2) is 12.1. The van der Waals surface area contributed by atoms with Crippen LogP contribution in [-0.2, 0) is 21.7 Å². The molecule has 3 heterocycles. The topological polar surface area (TPSA) is 79.3 Å². The van der Waals surface area contributed by atoms with E-state index in [1.807, 2.05) is 95.9 Å². The lowest BCUT2D eigenvalue weighted by molar-refractivity contribution is -0.146. The van der Waals surface area contributed by atoms with Gasteiger partial charge in [-0.1, -0.05) is 85.3 Å². The van der Waals surface area contributed by atoms with Crippen LogP contribution in [0.2, 0.25) is 23.7 Å². The van der Waals surface area contributed by atoms with Crippen molar-refractivity contribution in [2.24, 2.45) is 5.92 Å². The second-order valence-corrected chi connectivity index (χ2v) is 19.3. The summed E-state index contributed by atoms with van der Waals surface area (Å²) >= 11 is 6.65. The fourth-order valence-corrected chi connectivity index (χ4v) is 13.2. The number of nitrogens with zero attached hydrogens (tertiary/aromatic N) is 2. The van der Waals surface area contributed by atoms with Gasteiger partial charge in [-0.15, -0.1) is 0 Å². The number of anilines is 3. The van der Waals surface area contributed by atoms with Gasteiger partial charge in [-0.25, -0.2) is 0 Å². The first-order chi connectivity index (χ1) is 24.1. The largest absolute Gasteiger partial charge is 0.497 e. The third-order valence-corrected chi connectivity index (χ3v) is 15.9. The lowest BCUT2D eigenvalue weighted by atomic mass is 9.82. The van der Waals surface area contributed by atoms with E-state index in [1.54, 1.807) is 12.0 Å². The number of carbonyl (C=O) groups is 2. The predicted octanol–water partition coefficient (Wildman–Crippen LogP) is 7.94. The smallest absolute Gasteiger partial charge is 0.264 e. The molecule has 1 saturated heterocycles. The molecule has 0 aliphatic carbocycles. The van der Waals surface area contributed by atoms with Crippen molar-refractivity contribution in [1.82, 2.24) is 0 Å². The Morgan fingerprint density at radius 2 is 1.66 bits per heavy atom. The molecule has 3 aliphatic heterocycles. The quantitative estimate of drug-likeness (QED) is 0.166. The van der Waals surface area contributed by atoms with E-state index in [4.69, 9.17) is 21.1 Å². The average molecular weight is 703 g/mol. The third-order valence-electron chi connectivity index (χ3n) is 11.3. The van der Waals surface area contributed by atoms with Gasteiger partial charge in [0.05, 0.1) is 44.8 Å². The second-order valence-electron chi connectivity index (χ2n) is 14.2. The van der Waals surface area contributed by atoms with Crippen LogP contribution < -0.4 is 19.7 Å². The van der Waals surface area contributed by atoms with Crippen LogP contribution in [0.1, 0.15) is 34.8 Å². The molecule has 7 nitrogen and oxygen atoms in total. The van der Waals surface area contributed by atoms with Gasteiger partial charge in [0.15, 0.2) is 5.60 Å². The first kappa shape index (κ1) is 32.7. The van der Waals surface area contributed by atoms with Crippen LogP contribution in [0.25, 0.3) is 10.8 Å². The van der Waals surface area contributed by atoms with Crippen LogP contribution in [0.5, 0.6) is 5.75 Å². The molecule has 1 spiro atoms. The highest BCUT2D eigenvalue weighted by Gasteiger charge is 2.66. The number of hydrogen-bond acceptors (Lipinski definition) is 5. The summed E-state index contributed by atoms with van der Waals surface area (Å²) in [5.74, 6) is 0.391. The van der Waals surface area contributed by atoms with E-state index >= 15 is 4.79 Å². The summed E-state index contributed by atoms with van der Waals surface area (Å²) in [5.41, 5.74) is 3.45. The standard InChI is InChI=1S/C41H39ClN2O5Si/c1-25-38(50(3,4)31-17-15-30(48-2)16-18-31)36(20-21-45)49-41(25)33-23-28(42)14-19-34(33)43(40(41)47)24-26-8-5-11-29(22-26)44-35-13-7-10-27-9-6-12-32(37(27)35)39(44)46/h5-19,22-23,25,36,38,45H,20-21,24H2,1-4H3/t25-,36+,38-,41+/m0/s1. The minimum atomic E-state index is -2.31. The van der Waals surface area contributed by atoms with E-state index in [1.165, 1.54) is 5.19 Å². The van der Waals surface area contributed by atoms with Crippen molar-refractivity contribution in [3.05, 3.63) is 125 Å². The molecule has 1 fully saturated rings. The van der Waals surface area contributed by atoms with Gasteiger partial charge in [-0.2, -0.15) is 0 Å². The molecule has 50 heavy (non-hydrogen) atoms. The Bertz CT molecular complexity index is 2170. The van der Waals surface area contributed by atoms with E-state index in [2.05, 4.69) is 32.2 Å². The van der Waals surface area contributed by atoms with Crippen molar-refractivity contribution in [2.75, 3.05) is 23.5 Å². The number of aliphatic hydroxyl groups is 1. The Labute approximate surface area is 298 Å². The normalized spacial score (nSPS) is 22.6. The molecule has 0 aromatic heterocycles. The van der Waals surface area contributed by atoms with Gasteiger partial charge in [0.2, 0.25) is 0 Å². The maximum atomic E-state index is 15.1. The minimum Gasteiger partial charge on any atom is -0.497 e. The molecule has 5 aromatic carbocycles. The molecule has 0 saturated carbocycles. The number of ether oxygens (including phenoxy) is 2. The van der Waals surface area contributed by atoms with Crippen LogP contribution in [0.3, 0.4) is 0 Å².